The highest BCUT2D eigenvalue weighted by molar-refractivity contribution is 7.98. The Hall–Kier alpha value is -1.59. The highest BCUT2D eigenvalue weighted by atomic mass is 35.5. The van der Waals surface area contributed by atoms with Gasteiger partial charge in [0.2, 0.25) is 0 Å². The van der Waals surface area contributed by atoms with E-state index in [4.69, 9.17) is 11.6 Å². The average Bonchev–Trinajstić information content (AvgIpc) is 2.47. The number of carbonyl (C=O) groups is 1. The molecule has 1 heterocycles. The van der Waals surface area contributed by atoms with Crippen LogP contribution in [-0.2, 0) is 6.54 Å². The maximum absolute atomic E-state index is 12.2. The van der Waals surface area contributed by atoms with E-state index in [2.05, 4.69) is 9.97 Å². The van der Waals surface area contributed by atoms with Crippen molar-refractivity contribution < 1.29 is 4.79 Å². The zero-order valence-corrected chi connectivity index (χ0v) is 12.8. The molecule has 0 atom stereocenters. The van der Waals surface area contributed by atoms with E-state index < -0.39 is 0 Å². The lowest BCUT2D eigenvalue weighted by atomic mass is 10.2. The molecule has 1 amide bonds. The van der Waals surface area contributed by atoms with Gasteiger partial charge >= 0.3 is 0 Å². The Morgan fingerprint density at radius 3 is 2.60 bits per heavy atom. The van der Waals surface area contributed by atoms with Crippen LogP contribution in [0.2, 0.25) is 5.15 Å². The monoisotopic (exact) mass is 307 g/mol. The second-order valence-corrected chi connectivity index (χ2v) is 5.50. The third-order valence-corrected chi connectivity index (χ3v) is 3.68. The highest BCUT2D eigenvalue weighted by Gasteiger charge is 2.14. The number of carbonyl (C=O) groups excluding carboxylic acids is 1. The van der Waals surface area contributed by atoms with Crippen molar-refractivity contribution in [3.8, 4) is 0 Å². The lowest BCUT2D eigenvalue weighted by Crippen LogP contribution is -2.27. The number of nitrogens with zero attached hydrogens (tertiary/aromatic N) is 3. The topological polar surface area (TPSA) is 46.1 Å². The summed E-state index contributed by atoms with van der Waals surface area (Å²) in [6, 6.07) is 8.10. The highest BCUT2D eigenvalue weighted by Crippen LogP contribution is 2.16. The van der Waals surface area contributed by atoms with E-state index in [1.165, 1.54) is 17.3 Å². The molecule has 1 aromatic heterocycles. The number of amides is 1. The van der Waals surface area contributed by atoms with Gasteiger partial charge in [-0.25, -0.2) is 4.98 Å². The van der Waals surface area contributed by atoms with Crippen LogP contribution in [0.1, 0.15) is 16.1 Å². The van der Waals surface area contributed by atoms with Crippen molar-refractivity contribution >= 4 is 29.3 Å². The van der Waals surface area contributed by atoms with Crippen LogP contribution >= 0.6 is 23.4 Å². The normalized spacial score (nSPS) is 10.3. The van der Waals surface area contributed by atoms with Crippen molar-refractivity contribution in [1.29, 1.82) is 0 Å². The minimum absolute atomic E-state index is 0.200. The molecule has 0 radical (unpaired) electrons. The largest absolute Gasteiger partial charge is 0.336 e. The Kier molecular flexibility index (Phi) is 4.98. The number of aromatic nitrogens is 2. The molecule has 0 aliphatic carbocycles. The van der Waals surface area contributed by atoms with Crippen LogP contribution in [0, 0.1) is 0 Å². The van der Waals surface area contributed by atoms with Gasteiger partial charge < -0.3 is 4.90 Å². The van der Waals surface area contributed by atoms with Crippen LogP contribution in [0.3, 0.4) is 0 Å². The fraction of sp³-hybridized carbons (Fsp3) is 0.214. The van der Waals surface area contributed by atoms with Gasteiger partial charge in [0.05, 0.1) is 12.4 Å². The fourth-order valence-corrected chi connectivity index (χ4v) is 2.27. The number of halogens is 1. The van der Waals surface area contributed by atoms with Crippen molar-refractivity contribution in [2.45, 2.75) is 11.4 Å². The van der Waals surface area contributed by atoms with E-state index in [0.717, 1.165) is 5.56 Å². The van der Waals surface area contributed by atoms with Gasteiger partial charge in [-0.05, 0) is 24.0 Å². The van der Waals surface area contributed by atoms with Crippen LogP contribution < -0.4 is 0 Å². The van der Waals surface area contributed by atoms with Gasteiger partial charge in [-0.3, -0.25) is 9.78 Å². The molecule has 6 heteroatoms. The molecule has 2 rings (SSSR count). The Morgan fingerprint density at radius 1 is 1.30 bits per heavy atom. The van der Waals surface area contributed by atoms with Crippen molar-refractivity contribution in [2.75, 3.05) is 13.3 Å². The maximum Gasteiger partial charge on any atom is 0.274 e. The summed E-state index contributed by atoms with van der Waals surface area (Å²) in [5.74, 6) is -0.200. The Bertz CT molecular complexity index is 604. The van der Waals surface area contributed by atoms with E-state index >= 15 is 0 Å². The molecule has 104 valence electrons. The number of hydrogen-bond donors (Lipinski definition) is 0. The molecule has 0 N–H and O–H groups in total. The number of benzene rings is 1. The molecule has 0 aliphatic heterocycles. The van der Waals surface area contributed by atoms with Crippen LogP contribution in [-0.4, -0.2) is 34.1 Å². The average molecular weight is 308 g/mol. The molecule has 4 nitrogen and oxygen atoms in total. The number of thioether (sulfide) groups is 1. The summed E-state index contributed by atoms with van der Waals surface area (Å²) in [4.78, 5) is 22.8. The predicted octanol–water partition coefficient (Wildman–Crippen LogP) is 3.12. The molecule has 0 unspecified atom stereocenters. The fourth-order valence-electron chi connectivity index (χ4n) is 1.72. The molecule has 20 heavy (non-hydrogen) atoms. The molecule has 0 saturated carbocycles. The molecule has 1 aromatic carbocycles. The molecule has 0 bridgehead atoms. The van der Waals surface area contributed by atoms with Crippen molar-refractivity contribution in [3.05, 3.63) is 53.1 Å². The number of hydrogen-bond acceptors (Lipinski definition) is 4. The summed E-state index contributed by atoms with van der Waals surface area (Å²) in [6.45, 7) is 0.516. The van der Waals surface area contributed by atoms with Gasteiger partial charge in [0.25, 0.3) is 5.91 Å². The Morgan fingerprint density at radius 2 is 2.00 bits per heavy atom. The first kappa shape index (κ1) is 14.8. The first-order valence-electron chi connectivity index (χ1n) is 5.96. The smallest absolute Gasteiger partial charge is 0.274 e. The summed E-state index contributed by atoms with van der Waals surface area (Å²) >= 11 is 7.43. The summed E-state index contributed by atoms with van der Waals surface area (Å²) in [5, 5.41) is 0.216. The van der Waals surface area contributed by atoms with E-state index in [1.54, 1.807) is 23.7 Å². The molecule has 0 spiro atoms. The molecule has 0 aliphatic rings. The minimum Gasteiger partial charge on any atom is -0.336 e. The second kappa shape index (κ2) is 6.72. The Labute approximate surface area is 127 Å². The standard InChI is InChI=1S/C14H14ClN3OS/c1-18(9-10-3-5-11(20-2)6-4-10)14(19)12-7-16-8-13(15)17-12/h3-8H,9H2,1-2H3. The van der Waals surface area contributed by atoms with Crippen LogP contribution in [0.5, 0.6) is 0 Å². The molecular formula is C14H14ClN3OS. The zero-order chi connectivity index (χ0) is 14.5. The molecule has 0 saturated heterocycles. The van der Waals surface area contributed by atoms with E-state index in [0.29, 0.717) is 6.54 Å². The second-order valence-electron chi connectivity index (χ2n) is 4.24. The lowest BCUT2D eigenvalue weighted by molar-refractivity contribution is 0.0779. The maximum atomic E-state index is 12.2. The van der Waals surface area contributed by atoms with Crippen molar-refractivity contribution in [2.24, 2.45) is 0 Å². The van der Waals surface area contributed by atoms with E-state index in [9.17, 15) is 4.79 Å². The molecule has 0 fully saturated rings. The van der Waals surface area contributed by atoms with Gasteiger partial charge in [-0.1, -0.05) is 23.7 Å². The minimum atomic E-state index is -0.200. The van der Waals surface area contributed by atoms with Gasteiger partial charge in [0.15, 0.2) is 0 Å². The van der Waals surface area contributed by atoms with Gasteiger partial charge in [0, 0.05) is 18.5 Å². The third-order valence-electron chi connectivity index (χ3n) is 2.75. The third kappa shape index (κ3) is 3.71. The van der Waals surface area contributed by atoms with Crippen LogP contribution in [0.4, 0.5) is 0 Å². The van der Waals surface area contributed by atoms with Crippen LogP contribution in [0.25, 0.3) is 0 Å². The predicted molar refractivity (Wildman–Crippen MR) is 81.1 cm³/mol. The SMILES string of the molecule is CSc1ccc(CN(C)C(=O)c2cncc(Cl)n2)cc1. The van der Waals surface area contributed by atoms with Gasteiger partial charge in [0.1, 0.15) is 10.8 Å². The lowest BCUT2D eigenvalue weighted by Gasteiger charge is -2.16. The zero-order valence-electron chi connectivity index (χ0n) is 11.2. The van der Waals surface area contributed by atoms with E-state index in [1.807, 2.05) is 30.5 Å². The van der Waals surface area contributed by atoms with Gasteiger partial charge in [-0.15, -0.1) is 11.8 Å². The van der Waals surface area contributed by atoms with Crippen LogP contribution in [0.15, 0.2) is 41.6 Å². The first-order chi connectivity index (χ1) is 9.60. The summed E-state index contributed by atoms with van der Waals surface area (Å²) in [5.41, 5.74) is 1.31. The molecular weight excluding hydrogens is 294 g/mol. The first-order valence-corrected chi connectivity index (χ1v) is 7.56. The van der Waals surface area contributed by atoms with Crippen molar-refractivity contribution in [3.63, 3.8) is 0 Å². The van der Waals surface area contributed by atoms with E-state index in [-0.39, 0.29) is 16.8 Å². The quantitative estimate of drug-likeness (QED) is 0.814. The Balaban J connectivity index is 2.07. The summed E-state index contributed by atoms with van der Waals surface area (Å²) < 4.78 is 0. The van der Waals surface area contributed by atoms with Crippen molar-refractivity contribution in [1.82, 2.24) is 14.9 Å². The summed E-state index contributed by atoms with van der Waals surface area (Å²) in [6.07, 6.45) is 4.85. The number of rotatable bonds is 4. The summed E-state index contributed by atoms with van der Waals surface area (Å²) in [7, 11) is 1.73. The molecule has 2 aromatic rings. The van der Waals surface area contributed by atoms with Gasteiger partial charge in [-0.2, -0.15) is 0 Å².